The molecule has 1 amide bonds. The Hall–Kier alpha value is -3.75. The van der Waals surface area contributed by atoms with Crippen molar-refractivity contribution in [3.63, 3.8) is 0 Å². The second kappa shape index (κ2) is 10.5. The molecule has 4 rings (SSSR count). The number of carbonyl (C=O) groups is 2. The highest BCUT2D eigenvalue weighted by molar-refractivity contribution is 7.22. The van der Waals surface area contributed by atoms with Crippen molar-refractivity contribution in [2.24, 2.45) is 7.05 Å². The summed E-state index contributed by atoms with van der Waals surface area (Å²) in [5.74, 6) is -0.743. The van der Waals surface area contributed by atoms with Crippen LogP contribution in [0.25, 0.3) is 20.5 Å². The lowest BCUT2D eigenvalue weighted by atomic mass is 10.0. The molecular formula is C24H25N5O2S. The molecule has 0 unspecified atom stereocenters. The summed E-state index contributed by atoms with van der Waals surface area (Å²) in [6.07, 6.45) is 3.38. The number of aryl methyl sites for hydroxylation is 1. The smallest absolute Gasteiger partial charge is 0.288 e. The van der Waals surface area contributed by atoms with Gasteiger partial charge in [0.15, 0.2) is 0 Å². The molecule has 0 radical (unpaired) electrons. The van der Waals surface area contributed by atoms with Crippen LogP contribution in [0.2, 0.25) is 0 Å². The van der Waals surface area contributed by atoms with Gasteiger partial charge in [0.25, 0.3) is 5.91 Å². The fraction of sp³-hybridized carbons (Fsp3) is 0.125. The predicted molar refractivity (Wildman–Crippen MR) is 132 cm³/mol. The van der Waals surface area contributed by atoms with Crippen LogP contribution in [-0.2, 0) is 23.2 Å². The number of nitrogens with zero attached hydrogens (tertiary/aromatic N) is 1. The molecule has 2 aromatic heterocycles. The molecule has 32 heavy (non-hydrogen) atoms. The summed E-state index contributed by atoms with van der Waals surface area (Å²) in [5.41, 5.74) is 9.59. The van der Waals surface area contributed by atoms with E-state index in [-0.39, 0.29) is 6.29 Å². The highest BCUT2D eigenvalue weighted by Gasteiger charge is 2.13. The van der Waals surface area contributed by atoms with Crippen molar-refractivity contribution in [2.75, 3.05) is 18.1 Å². The summed E-state index contributed by atoms with van der Waals surface area (Å²) in [6.45, 7) is 0.948. The van der Waals surface area contributed by atoms with Gasteiger partial charge in [-0.15, -0.1) is 11.3 Å². The number of nitrogens with two attached hydrogens (primary N) is 1. The maximum Gasteiger partial charge on any atom is 0.288 e. The molecule has 0 spiro atoms. The van der Waals surface area contributed by atoms with Gasteiger partial charge in [-0.2, -0.15) is 0 Å². The van der Waals surface area contributed by atoms with E-state index >= 15 is 0 Å². The van der Waals surface area contributed by atoms with Crippen molar-refractivity contribution in [1.82, 2.24) is 9.88 Å². The van der Waals surface area contributed by atoms with E-state index in [2.05, 4.69) is 21.3 Å². The summed E-state index contributed by atoms with van der Waals surface area (Å²) in [4.78, 5) is 22.8. The third kappa shape index (κ3) is 5.29. The zero-order chi connectivity index (χ0) is 23.1. The van der Waals surface area contributed by atoms with E-state index < -0.39 is 5.91 Å². The Labute approximate surface area is 190 Å². The molecule has 2 aromatic carbocycles. The minimum atomic E-state index is -0.743. The van der Waals surface area contributed by atoms with E-state index in [0.717, 1.165) is 33.3 Å². The van der Waals surface area contributed by atoms with E-state index in [9.17, 15) is 9.59 Å². The number of nitrogen functional groups attached to an aromatic ring is 1. The SMILES string of the molecule is CNCc1cccn1C.N=Cc1cc(NC(=O)C=O)cc(-c2cc3ccccc3s2)c1N. The number of hydrogen-bond acceptors (Lipinski definition) is 6. The van der Waals surface area contributed by atoms with E-state index in [4.69, 9.17) is 11.1 Å². The van der Waals surface area contributed by atoms with Crippen molar-refractivity contribution in [3.8, 4) is 10.4 Å². The van der Waals surface area contributed by atoms with Crippen molar-refractivity contribution < 1.29 is 9.59 Å². The highest BCUT2D eigenvalue weighted by Crippen LogP contribution is 2.38. The number of thiophene rings is 1. The fourth-order valence-corrected chi connectivity index (χ4v) is 4.31. The highest BCUT2D eigenvalue weighted by atomic mass is 32.1. The van der Waals surface area contributed by atoms with Crippen LogP contribution >= 0.6 is 11.3 Å². The molecule has 0 fully saturated rings. The first-order chi connectivity index (χ1) is 15.5. The first-order valence-electron chi connectivity index (χ1n) is 9.90. The minimum Gasteiger partial charge on any atom is -0.398 e. The van der Waals surface area contributed by atoms with Gasteiger partial charge in [0.2, 0.25) is 6.29 Å². The van der Waals surface area contributed by atoms with Gasteiger partial charge in [-0.3, -0.25) is 9.59 Å². The number of amides is 1. The Morgan fingerprint density at radius 3 is 2.59 bits per heavy atom. The summed E-state index contributed by atoms with van der Waals surface area (Å²) in [7, 11) is 4.00. The molecule has 4 aromatic rings. The largest absolute Gasteiger partial charge is 0.398 e. The lowest BCUT2D eigenvalue weighted by Gasteiger charge is -2.10. The average Bonchev–Trinajstić information content (AvgIpc) is 3.41. The number of nitrogens with one attached hydrogen (secondary N) is 3. The molecule has 0 aliphatic heterocycles. The molecule has 5 N–H and O–H groups in total. The van der Waals surface area contributed by atoms with Gasteiger partial charge in [-0.1, -0.05) is 18.2 Å². The number of anilines is 2. The molecule has 0 aliphatic rings. The predicted octanol–water partition coefficient (Wildman–Crippen LogP) is 4.03. The van der Waals surface area contributed by atoms with E-state index in [1.807, 2.05) is 56.7 Å². The second-order valence-electron chi connectivity index (χ2n) is 7.07. The Balaban J connectivity index is 0.000000269. The van der Waals surface area contributed by atoms with Crippen molar-refractivity contribution in [1.29, 1.82) is 5.41 Å². The zero-order valence-corrected chi connectivity index (χ0v) is 18.7. The van der Waals surface area contributed by atoms with Crippen molar-refractivity contribution in [3.05, 3.63) is 72.1 Å². The Morgan fingerprint density at radius 1 is 1.19 bits per heavy atom. The number of fused-ring (bicyclic) bond motifs is 1. The van der Waals surface area contributed by atoms with Crippen LogP contribution in [0.15, 0.2) is 60.8 Å². The van der Waals surface area contributed by atoms with E-state index in [1.165, 1.54) is 5.69 Å². The summed E-state index contributed by atoms with van der Waals surface area (Å²) < 4.78 is 3.23. The molecule has 8 heteroatoms. The Kier molecular flexibility index (Phi) is 7.54. The van der Waals surface area contributed by atoms with Crippen molar-refractivity contribution >= 4 is 51.2 Å². The first-order valence-corrected chi connectivity index (χ1v) is 10.7. The third-order valence-corrected chi connectivity index (χ3v) is 5.99. The lowest BCUT2D eigenvalue weighted by molar-refractivity contribution is -0.127. The van der Waals surface area contributed by atoms with Crippen LogP contribution in [0, 0.1) is 5.41 Å². The van der Waals surface area contributed by atoms with E-state index in [1.54, 1.807) is 23.5 Å². The Bertz CT molecular complexity index is 1230. The number of aldehydes is 1. The van der Waals surface area contributed by atoms with Gasteiger partial charge in [0.1, 0.15) is 0 Å². The molecule has 0 aliphatic carbocycles. The third-order valence-electron chi connectivity index (χ3n) is 4.84. The number of benzene rings is 2. The van der Waals surface area contributed by atoms with Crippen LogP contribution in [-0.4, -0.2) is 30.0 Å². The van der Waals surface area contributed by atoms with Crippen molar-refractivity contribution in [2.45, 2.75) is 6.54 Å². The number of carbonyl (C=O) groups excluding carboxylic acids is 2. The first kappa shape index (κ1) is 22.9. The topological polar surface area (TPSA) is 113 Å². The molecule has 164 valence electrons. The summed E-state index contributed by atoms with van der Waals surface area (Å²) in [6, 6.07) is 17.4. The second-order valence-corrected chi connectivity index (χ2v) is 8.15. The maximum absolute atomic E-state index is 11.3. The minimum absolute atomic E-state index is 0.208. The maximum atomic E-state index is 11.3. The molecule has 0 bridgehead atoms. The molecule has 2 heterocycles. The zero-order valence-electron chi connectivity index (χ0n) is 17.9. The van der Waals surface area contributed by atoms with Crippen LogP contribution in [0.1, 0.15) is 11.3 Å². The quantitative estimate of drug-likeness (QED) is 0.155. The number of rotatable bonds is 6. The molecule has 7 nitrogen and oxygen atoms in total. The van der Waals surface area contributed by atoms with Crippen LogP contribution < -0.4 is 16.4 Å². The Morgan fingerprint density at radius 2 is 1.97 bits per heavy atom. The van der Waals surface area contributed by atoms with Gasteiger partial charge < -0.3 is 26.3 Å². The van der Waals surface area contributed by atoms with Gasteiger partial charge in [-0.25, -0.2) is 0 Å². The number of hydrogen-bond donors (Lipinski definition) is 4. The molecule has 0 atom stereocenters. The monoisotopic (exact) mass is 447 g/mol. The van der Waals surface area contributed by atoms with Gasteiger partial charge in [0, 0.05) is 63.8 Å². The van der Waals surface area contributed by atoms with Crippen LogP contribution in [0.4, 0.5) is 11.4 Å². The molecular weight excluding hydrogens is 422 g/mol. The molecule has 0 saturated heterocycles. The van der Waals surface area contributed by atoms with E-state index in [0.29, 0.717) is 16.9 Å². The average molecular weight is 448 g/mol. The number of aromatic nitrogens is 1. The molecule has 0 saturated carbocycles. The normalized spacial score (nSPS) is 10.3. The van der Waals surface area contributed by atoms with Crippen LogP contribution in [0.3, 0.4) is 0 Å². The lowest BCUT2D eigenvalue weighted by Crippen LogP contribution is -2.13. The summed E-state index contributed by atoms with van der Waals surface area (Å²) in [5, 5.41) is 14.2. The fourth-order valence-electron chi connectivity index (χ4n) is 3.22. The van der Waals surface area contributed by atoms with Gasteiger partial charge in [-0.05, 0) is 48.8 Å². The van der Waals surface area contributed by atoms with Gasteiger partial charge in [0.05, 0.1) is 0 Å². The van der Waals surface area contributed by atoms with Crippen LogP contribution in [0.5, 0.6) is 0 Å². The standard InChI is InChI=1S/C17H13N3O2S.C7H12N2/c18-8-11-5-12(20-16(22)9-21)7-13(17(11)19)15-6-10-3-1-2-4-14(10)23-15;1-8-6-7-4-3-5-9(7)2/h1-9,18H,19H2,(H,20,22);3-5,8H,6H2,1-2H3. The summed E-state index contributed by atoms with van der Waals surface area (Å²) >= 11 is 1.58. The van der Waals surface area contributed by atoms with Gasteiger partial charge >= 0.3 is 0 Å².